The van der Waals surface area contributed by atoms with Gasteiger partial charge in [-0.3, -0.25) is 14.4 Å². The third-order valence-electron chi connectivity index (χ3n) is 10.5. The largest absolute Gasteiger partial charge is 0.507 e. The van der Waals surface area contributed by atoms with Crippen LogP contribution in [-0.2, 0) is 28.9 Å². The molecule has 3 aliphatic rings. The van der Waals surface area contributed by atoms with Crippen molar-refractivity contribution < 1.29 is 34.8 Å². The van der Waals surface area contributed by atoms with E-state index < -0.39 is 63.9 Å². The number of benzene rings is 1. The van der Waals surface area contributed by atoms with Gasteiger partial charge < -0.3 is 31.1 Å². The second-order valence-corrected chi connectivity index (χ2v) is 13.2. The number of aromatic nitrogens is 1. The molecule has 1 aromatic heterocycles. The van der Waals surface area contributed by atoms with Crippen LogP contribution in [0.5, 0.6) is 5.75 Å². The van der Waals surface area contributed by atoms with E-state index in [1.807, 2.05) is 46.0 Å². The van der Waals surface area contributed by atoms with Gasteiger partial charge in [0.05, 0.1) is 17.6 Å². The summed E-state index contributed by atoms with van der Waals surface area (Å²) in [6.07, 6.45) is 0.379. The van der Waals surface area contributed by atoms with Gasteiger partial charge in [0, 0.05) is 17.3 Å². The van der Waals surface area contributed by atoms with Gasteiger partial charge in [-0.15, -0.1) is 0 Å². The fourth-order valence-electron chi connectivity index (χ4n) is 8.85. The summed E-state index contributed by atoms with van der Waals surface area (Å²) in [5.41, 5.74) is 4.67. The maximum absolute atomic E-state index is 14.2. The van der Waals surface area contributed by atoms with Gasteiger partial charge in [-0.25, -0.2) is 0 Å². The number of aromatic amines is 1. The van der Waals surface area contributed by atoms with Crippen LogP contribution >= 0.6 is 0 Å². The number of aliphatic hydroxyl groups is 3. The lowest BCUT2D eigenvalue weighted by atomic mass is 9.39. The normalized spacial score (nSPS) is 37.2. The summed E-state index contributed by atoms with van der Waals surface area (Å²) >= 11 is 0. The summed E-state index contributed by atoms with van der Waals surface area (Å²) in [6.45, 7) is 9.18. The molecule has 7 N–H and O–H groups in total. The second-order valence-electron chi connectivity index (χ2n) is 13.2. The number of carbonyl (C=O) groups excluding carboxylic acids is 3. The van der Waals surface area contributed by atoms with Crippen LogP contribution in [0.15, 0.2) is 24.4 Å². The van der Waals surface area contributed by atoms with Gasteiger partial charge in [-0.05, 0) is 78.7 Å². The Labute approximate surface area is 233 Å². The number of fused-ring (bicyclic) bond motifs is 3. The average molecular weight is 553 g/mol. The van der Waals surface area contributed by atoms with Crippen LogP contribution in [0.4, 0.5) is 0 Å². The highest BCUT2D eigenvalue weighted by molar-refractivity contribution is 6.09. The fourth-order valence-corrected chi connectivity index (χ4v) is 8.85. The lowest BCUT2D eigenvalue weighted by Gasteiger charge is -2.66. The van der Waals surface area contributed by atoms with Crippen molar-refractivity contribution in [3.8, 4) is 5.75 Å². The zero-order chi connectivity index (χ0) is 29.5. The minimum Gasteiger partial charge on any atom is -0.507 e. The Balaban J connectivity index is 1.64. The highest BCUT2D eigenvalue weighted by atomic mass is 16.4. The monoisotopic (exact) mass is 552 g/mol. The minimum atomic E-state index is -2.50. The third kappa shape index (κ3) is 3.67. The smallest absolute Gasteiger partial charge is 0.230 e. The second kappa shape index (κ2) is 9.26. The number of nitrogens with one attached hydrogen (secondary N) is 1. The van der Waals surface area contributed by atoms with E-state index in [9.17, 15) is 34.8 Å². The molecule has 0 bridgehead atoms. The molecule has 8 atom stereocenters. The summed E-state index contributed by atoms with van der Waals surface area (Å²) in [6, 6.07) is 5.32. The van der Waals surface area contributed by atoms with Crippen LogP contribution in [0, 0.1) is 41.4 Å². The van der Waals surface area contributed by atoms with E-state index in [2.05, 4.69) is 4.98 Å². The summed E-state index contributed by atoms with van der Waals surface area (Å²) in [5, 5.41) is 46.1. The number of ketones is 2. The topological polar surface area (TPSA) is 174 Å². The quantitative estimate of drug-likeness (QED) is 0.308. The number of hydrogen-bond donors (Lipinski definition) is 6. The number of Topliss-reactive ketones (excluding diaryl/α,β-unsaturated/α-hetero) is 2. The molecular weight excluding hydrogens is 512 g/mol. The molecule has 3 aliphatic carbocycles. The van der Waals surface area contributed by atoms with Crippen LogP contribution in [0.3, 0.4) is 0 Å². The molecule has 9 nitrogen and oxygen atoms in total. The SMILES string of the molecule is Cc1[nH]ccc1CCc1ccc(O)c2c1C[C@]1(C)C[C@]3(C)[C@@H](C(C)C)C(O)[C@@H](C(N)=O)C(=O)[C@]3(O)C(O)[C@H]1C2=O. The predicted octanol–water partition coefficient (Wildman–Crippen LogP) is 1.99. The number of aliphatic hydroxyl groups excluding tert-OH is 2. The molecule has 2 unspecified atom stereocenters. The summed E-state index contributed by atoms with van der Waals surface area (Å²) < 4.78 is 0. The first-order valence-electron chi connectivity index (χ1n) is 14.0. The number of H-pyrrole nitrogens is 1. The van der Waals surface area contributed by atoms with E-state index in [1.54, 1.807) is 6.92 Å². The molecule has 216 valence electrons. The molecule has 9 heteroatoms. The van der Waals surface area contributed by atoms with E-state index in [1.165, 1.54) is 6.07 Å². The van der Waals surface area contributed by atoms with Crippen molar-refractivity contribution in [2.75, 3.05) is 0 Å². The van der Waals surface area contributed by atoms with Crippen molar-refractivity contribution in [1.29, 1.82) is 0 Å². The van der Waals surface area contributed by atoms with Crippen molar-refractivity contribution in [2.24, 2.45) is 40.2 Å². The Hall–Kier alpha value is -3.01. The number of primary amides is 1. The van der Waals surface area contributed by atoms with Crippen molar-refractivity contribution >= 4 is 17.5 Å². The van der Waals surface area contributed by atoms with Gasteiger partial charge in [-0.1, -0.05) is 33.8 Å². The lowest BCUT2D eigenvalue weighted by molar-refractivity contribution is -0.265. The fraction of sp³-hybridized carbons (Fsp3) is 0.581. The highest BCUT2D eigenvalue weighted by Crippen LogP contribution is 2.65. The number of carbonyl (C=O) groups is 3. The van der Waals surface area contributed by atoms with Gasteiger partial charge in [0.25, 0.3) is 0 Å². The number of rotatable bonds is 5. The van der Waals surface area contributed by atoms with Crippen molar-refractivity contribution in [1.82, 2.24) is 4.98 Å². The van der Waals surface area contributed by atoms with Crippen LogP contribution in [-0.4, -0.2) is 60.7 Å². The number of amides is 1. The number of hydrogen-bond acceptors (Lipinski definition) is 7. The van der Waals surface area contributed by atoms with E-state index in [4.69, 9.17) is 5.73 Å². The number of phenols is 1. The van der Waals surface area contributed by atoms with Crippen LogP contribution in [0.2, 0.25) is 0 Å². The Morgan fingerprint density at radius 2 is 1.77 bits per heavy atom. The van der Waals surface area contributed by atoms with Gasteiger partial charge >= 0.3 is 0 Å². The molecular formula is C31H40N2O7. The summed E-state index contributed by atoms with van der Waals surface area (Å²) in [7, 11) is 0. The molecule has 1 amide bonds. The standard InChI is InChI=1S/C31H40N2O7/c1-14(2)22-25(36)21(28(32)39)26(37)31(40)27(38)23-24(35)20-18(12-29(23,4)13-30(22,31)5)17(8-9-19(20)34)7-6-16-10-11-33-15(16)3/h8-11,14,21-23,25,27,33-34,36,38,40H,6-7,12-13H2,1-5H3,(H2,32,39)/t21-,22+,23-,25?,27?,29-,30-,31+/m1/s1. The molecule has 1 heterocycles. The first-order valence-corrected chi connectivity index (χ1v) is 14.0. The average Bonchev–Trinajstić information content (AvgIpc) is 3.25. The zero-order valence-electron chi connectivity index (χ0n) is 23.7. The van der Waals surface area contributed by atoms with Crippen molar-refractivity contribution in [3.05, 3.63) is 52.3 Å². The Kier molecular flexibility index (Phi) is 6.60. The molecule has 40 heavy (non-hydrogen) atoms. The highest BCUT2D eigenvalue weighted by Gasteiger charge is 2.75. The molecule has 2 saturated carbocycles. The van der Waals surface area contributed by atoms with Crippen LogP contribution < -0.4 is 5.73 Å². The molecule has 1 aromatic carbocycles. The van der Waals surface area contributed by atoms with Gasteiger partial charge in [0.2, 0.25) is 5.91 Å². The molecule has 2 fully saturated rings. The van der Waals surface area contributed by atoms with Crippen LogP contribution in [0.25, 0.3) is 0 Å². The summed E-state index contributed by atoms with van der Waals surface area (Å²) in [4.78, 5) is 43.4. The summed E-state index contributed by atoms with van der Waals surface area (Å²) in [5.74, 6) is -6.88. The van der Waals surface area contributed by atoms with E-state index in [-0.39, 0.29) is 23.7 Å². The van der Waals surface area contributed by atoms with E-state index in [0.29, 0.717) is 18.4 Å². The van der Waals surface area contributed by atoms with E-state index in [0.717, 1.165) is 23.2 Å². The molecule has 0 radical (unpaired) electrons. The lowest BCUT2D eigenvalue weighted by Crippen LogP contribution is -2.79. The molecule has 5 rings (SSSR count). The van der Waals surface area contributed by atoms with Gasteiger partial charge in [-0.2, -0.15) is 0 Å². The first kappa shape index (κ1) is 28.5. The molecule has 2 aromatic rings. The molecule has 0 spiro atoms. The number of phenolic OH excluding ortho intramolecular Hbond substituents is 1. The Morgan fingerprint density at radius 1 is 1.12 bits per heavy atom. The van der Waals surface area contributed by atoms with Crippen molar-refractivity contribution in [3.63, 3.8) is 0 Å². The molecule has 0 saturated heterocycles. The van der Waals surface area contributed by atoms with Crippen molar-refractivity contribution in [2.45, 2.75) is 78.1 Å². The number of nitrogens with two attached hydrogens (primary N) is 1. The Morgan fingerprint density at radius 3 is 2.35 bits per heavy atom. The maximum atomic E-state index is 14.2. The Bertz CT molecular complexity index is 1400. The first-order chi connectivity index (χ1) is 18.6. The maximum Gasteiger partial charge on any atom is 0.230 e. The third-order valence-corrected chi connectivity index (χ3v) is 10.5. The van der Waals surface area contributed by atoms with Crippen LogP contribution in [0.1, 0.15) is 66.9 Å². The molecule has 0 aliphatic heterocycles. The van der Waals surface area contributed by atoms with Gasteiger partial charge in [0.15, 0.2) is 17.2 Å². The number of aromatic hydroxyl groups is 1. The zero-order valence-corrected chi connectivity index (χ0v) is 23.7. The van der Waals surface area contributed by atoms with Gasteiger partial charge in [0.1, 0.15) is 17.8 Å². The number of aryl methyl sites for hydroxylation is 3. The minimum absolute atomic E-state index is 0.104. The predicted molar refractivity (Wildman–Crippen MR) is 146 cm³/mol. The van der Waals surface area contributed by atoms with E-state index >= 15 is 0 Å².